The van der Waals surface area contributed by atoms with E-state index in [1.165, 1.54) is 37.9 Å². The lowest BCUT2D eigenvalue weighted by molar-refractivity contribution is -0.384. The van der Waals surface area contributed by atoms with Crippen LogP contribution in [0.4, 0.5) is 11.5 Å². The first-order valence-electron chi connectivity index (χ1n) is 7.39. The van der Waals surface area contributed by atoms with Crippen LogP contribution in [0.3, 0.4) is 0 Å². The molecule has 2 aliphatic rings. The van der Waals surface area contributed by atoms with Gasteiger partial charge >= 0.3 is 5.69 Å². The second-order valence-electron chi connectivity index (χ2n) is 6.23. The van der Waals surface area contributed by atoms with Crippen molar-refractivity contribution in [2.45, 2.75) is 38.6 Å². The first kappa shape index (κ1) is 13.8. The molecule has 6 heteroatoms. The quantitative estimate of drug-likeness (QED) is 0.678. The van der Waals surface area contributed by atoms with Crippen molar-refractivity contribution in [3.63, 3.8) is 0 Å². The van der Waals surface area contributed by atoms with E-state index in [2.05, 4.69) is 17.2 Å². The molecule has 4 unspecified atom stereocenters. The van der Waals surface area contributed by atoms with Gasteiger partial charge in [0.25, 0.3) is 0 Å². The maximum atomic E-state index is 11.1. The van der Waals surface area contributed by atoms with E-state index in [0.29, 0.717) is 5.92 Å². The summed E-state index contributed by atoms with van der Waals surface area (Å²) in [5.41, 5.74) is 0.0869. The highest BCUT2D eigenvalue weighted by Gasteiger charge is 2.42. The highest BCUT2D eigenvalue weighted by molar-refractivity contribution is 5.58. The van der Waals surface area contributed by atoms with Gasteiger partial charge in [-0.3, -0.25) is 10.1 Å². The highest BCUT2D eigenvalue weighted by Crippen LogP contribution is 2.50. The third kappa shape index (κ3) is 2.56. The number of nitro groups is 1. The Bertz CT molecular complexity index is 610. The van der Waals surface area contributed by atoms with Crippen LogP contribution in [0, 0.1) is 39.2 Å². The molecule has 1 heterocycles. The third-order valence-corrected chi connectivity index (χ3v) is 4.99. The molecule has 0 amide bonds. The van der Waals surface area contributed by atoms with Gasteiger partial charge in [-0.15, -0.1) is 0 Å². The summed E-state index contributed by atoms with van der Waals surface area (Å²) < 4.78 is 0. The van der Waals surface area contributed by atoms with Crippen molar-refractivity contribution in [1.29, 1.82) is 5.26 Å². The lowest BCUT2D eigenvalue weighted by Crippen LogP contribution is -2.30. The molecule has 2 fully saturated rings. The van der Waals surface area contributed by atoms with Crippen LogP contribution in [0.1, 0.15) is 38.2 Å². The fourth-order valence-corrected chi connectivity index (χ4v) is 3.99. The highest BCUT2D eigenvalue weighted by atomic mass is 16.6. The maximum absolute atomic E-state index is 11.1. The van der Waals surface area contributed by atoms with Crippen LogP contribution in [-0.2, 0) is 0 Å². The first-order valence-corrected chi connectivity index (χ1v) is 7.39. The van der Waals surface area contributed by atoms with Crippen molar-refractivity contribution in [3.05, 3.63) is 27.9 Å². The van der Waals surface area contributed by atoms with Crippen molar-refractivity contribution in [2.24, 2.45) is 17.8 Å². The average Bonchev–Trinajstić information content (AvgIpc) is 3.10. The Labute approximate surface area is 123 Å². The number of fused-ring (bicyclic) bond motifs is 2. The second kappa shape index (κ2) is 5.32. The molecule has 6 nitrogen and oxygen atoms in total. The molecular formula is C15H18N4O2. The Morgan fingerprint density at radius 2 is 2.33 bits per heavy atom. The molecule has 2 aliphatic carbocycles. The molecule has 0 saturated heterocycles. The van der Waals surface area contributed by atoms with Gasteiger partial charge in [0, 0.05) is 18.3 Å². The van der Waals surface area contributed by atoms with Crippen molar-refractivity contribution in [3.8, 4) is 6.07 Å². The Morgan fingerprint density at radius 3 is 2.90 bits per heavy atom. The van der Waals surface area contributed by atoms with Gasteiger partial charge in [0.05, 0.1) is 10.5 Å². The molecule has 1 aromatic heterocycles. The Kier molecular flexibility index (Phi) is 3.50. The summed E-state index contributed by atoms with van der Waals surface area (Å²) in [5, 5.41) is 23.2. The Morgan fingerprint density at radius 1 is 1.52 bits per heavy atom. The van der Waals surface area contributed by atoms with Gasteiger partial charge in [-0.1, -0.05) is 6.42 Å². The number of pyridine rings is 1. The van der Waals surface area contributed by atoms with Gasteiger partial charge in [-0.25, -0.2) is 4.98 Å². The number of hydrogen-bond acceptors (Lipinski definition) is 5. The second-order valence-corrected chi connectivity index (χ2v) is 6.23. The van der Waals surface area contributed by atoms with E-state index in [4.69, 9.17) is 5.26 Å². The molecule has 21 heavy (non-hydrogen) atoms. The fraction of sp³-hybridized carbons (Fsp3) is 0.600. The minimum absolute atomic E-state index is 0.121. The van der Waals surface area contributed by atoms with Crippen LogP contribution in [0.2, 0.25) is 0 Å². The molecule has 3 rings (SSSR count). The third-order valence-electron chi connectivity index (χ3n) is 4.99. The molecule has 2 saturated carbocycles. The smallest absolute Gasteiger partial charge is 0.312 e. The molecular weight excluding hydrogens is 268 g/mol. The SMILES string of the molecule is CC(Nc1ncc(C#N)cc1[N+](=O)[O-])C1CC2CCC1C2. The van der Waals surface area contributed by atoms with Crippen LogP contribution in [0.15, 0.2) is 12.3 Å². The van der Waals surface area contributed by atoms with Crippen LogP contribution >= 0.6 is 0 Å². The number of nitriles is 1. The number of hydrogen-bond donors (Lipinski definition) is 1. The molecule has 1 aromatic rings. The van der Waals surface area contributed by atoms with E-state index in [1.54, 1.807) is 0 Å². The predicted octanol–water partition coefficient (Wildman–Crippen LogP) is 3.10. The average molecular weight is 286 g/mol. The molecule has 1 N–H and O–H groups in total. The lowest BCUT2D eigenvalue weighted by atomic mass is 9.84. The molecule has 0 aromatic carbocycles. The maximum Gasteiger partial charge on any atom is 0.312 e. The largest absolute Gasteiger partial charge is 0.362 e. The summed E-state index contributed by atoms with van der Waals surface area (Å²) in [4.78, 5) is 14.7. The van der Waals surface area contributed by atoms with Crippen molar-refractivity contribution in [1.82, 2.24) is 4.98 Å². The molecule has 110 valence electrons. The van der Waals surface area contributed by atoms with Gasteiger partial charge in [-0.05, 0) is 43.9 Å². The van der Waals surface area contributed by atoms with Crippen LogP contribution < -0.4 is 5.32 Å². The Hall–Kier alpha value is -2.16. The summed E-state index contributed by atoms with van der Waals surface area (Å²) in [5.74, 6) is 2.43. The first-order chi connectivity index (χ1) is 10.1. The van der Waals surface area contributed by atoms with Crippen molar-refractivity contribution in [2.75, 3.05) is 5.32 Å². The topological polar surface area (TPSA) is 91.8 Å². The number of nitrogens with one attached hydrogen (secondary N) is 1. The molecule has 0 aliphatic heterocycles. The van der Waals surface area contributed by atoms with Crippen LogP contribution in [-0.4, -0.2) is 15.9 Å². The zero-order valence-electron chi connectivity index (χ0n) is 12.0. The normalized spacial score (nSPS) is 28.1. The molecule has 0 spiro atoms. The van der Waals surface area contributed by atoms with Gasteiger partial charge in [0.2, 0.25) is 5.82 Å². The molecule has 4 atom stereocenters. The standard InChI is InChI=1S/C15H18N4O2/c1-9(13-5-10-2-3-12(13)4-10)18-15-14(19(20)21)6-11(7-16)8-17-15/h6,8-10,12-13H,2-5H2,1H3,(H,17,18). The summed E-state index contributed by atoms with van der Waals surface area (Å²) in [6.07, 6.45) is 6.51. The van der Waals surface area contributed by atoms with Crippen molar-refractivity contribution < 1.29 is 4.92 Å². The Balaban J connectivity index is 1.78. The number of anilines is 1. The van der Waals surface area contributed by atoms with E-state index in [0.717, 1.165) is 11.8 Å². The number of nitrogens with zero attached hydrogens (tertiary/aromatic N) is 3. The number of aromatic nitrogens is 1. The van der Waals surface area contributed by atoms with E-state index in [9.17, 15) is 10.1 Å². The van der Waals surface area contributed by atoms with E-state index in [1.807, 2.05) is 6.07 Å². The van der Waals surface area contributed by atoms with Crippen molar-refractivity contribution >= 4 is 11.5 Å². The fourth-order valence-electron chi connectivity index (χ4n) is 3.99. The minimum Gasteiger partial charge on any atom is -0.362 e. The monoisotopic (exact) mass is 286 g/mol. The van der Waals surface area contributed by atoms with Gasteiger partial charge in [0.1, 0.15) is 6.07 Å². The van der Waals surface area contributed by atoms with Gasteiger partial charge < -0.3 is 5.32 Å². The van der Waals surface area contributed by atoms with E-state index < -0.39 is 4.92 Å². The predicted molar refractivity (Wildman–Crippen MR) is 77.6 cm³/mol. The summed E-state index contributed by atoms with van der Waals surface area (Å²) in [6, 6.07) is 3.33. The van der Waals surface area contributed by atoms with Crippen LogP contribution in [0.5, 0.6) is 0 Å². The lowest BCUT2D eigenvalue weighted by Gasteiger charge is -2.28. The molecule has 2 bridgehead atoms. The van der Waals surface area contributed by atoms with Gasteiger partial charge in [0.15, 0.2) is 0 Å². The summed E-state index contributed by atoms with van der Waals surface area (Å²) in [6.45, 7) is 2.08. The summed E-state index contributed by atoms with van der Waals surface area (Å²) >= 11 is 0. The zero-order valence-corrected chi connectivity index (χ0v) is 12.0. The van der Waals surface area contributed by atoms with E-state index >= 15 is 0 Å². The van der Waals surface area contributed by atoms with Gasteiger partial charge in [-0.2, -0.15) is 5.26 Å². The minimum atomic E-state index is -0.482. The summed E-state index contributed by atoms with van der Waals surface area (Å²) in [7, 11) is 0. The van der Waals surface area contributed by atoms with Crippen LogP contribution in [0.25, 0.3) is 0 Å². The molecule has 0 radical (unpaired) electrons. The van der Waals surface area contributed by atoms with E-state index in [-0.39, 0.29) is 23.1 Å². The number of rotatable bonds is 4. The zero-order chi connectivity index (χ0) is 15.0.